The van der Waals surface area contributed by atoms with Gasteiger partial charge in [-0.15, -0.1) is 0 Å². The Bertz CT molecular complexity index is 296. The molecule has 1 heterocycles. The van der Waals surface area contributed by atoms with E-state index in [2.05, 4.69) is 9.47 Å². The van der Waals surface area contributed by atoms with Crippen molar-refractivity contribution < 1.29 is 38.0 Å². The smallest absolute Gasteiger partial charge is 0.465 e. The maximum Gasteiger partial charge on any atom is 0.508 e. The molecule has 0 saturated carbocycles. The van der Waals surface area contributed by atoms with Gasteiger partial charge in [0.1, 0.15) is 19.3 Å². The van der Waals surface area contributed by atoms with Gasteiger partial charge in [-0.3, -0.25) is 4.79 Å². The van der Waals surface area contributed by atoms with E-state index in [-0.39, 0.29) is 25.4 Å². The van der Waals surface area contributed by atoms with Crippen LogP contribution in [0.4, 0.5) is 4.79 Å². The lowest BCUT2D eigenvalue weighted by Crippen LogP contribution is -2.24. The Morgan fingerprint density at radius 3 is 2.67 bits per heavy atom. The van der Waals surface area contributed by atoms with E-state index in [1.165, 1.54) is 7.11 Å². The third-order valence-corrected chi connectivity index (χ3v) is 2.77. The van der Waals surface area contributed by atoms with Crippen molar-refractivity contribution in [3.63, 3.8) is 0 Å². The summed E-state index contributed by atoms with van der Waals surface area (Å²) >= 11 is 0. The highest BCUT2D eigenvalue weighted by molar-refractivity contribution is 5.61. The summed E-state index contributed by atoms with van der Waals surface area (Å²) in [7, 11) is 1.54. The molecular weight excluding hydrogens is 284 g/mol. The third kappa shape index (κ3) is 8.49. The number of ether oxygens (including phenoxy) is 6. The summed E-state index contributed by atoms with van der Waals surface area (Å²) in [6, 6.07) is 0. The first-order valence-corrected chi connectivity index (χ1v) is 6.83. The lowest BCUT2D eigenvalue weighted by molar-refractivity contribution is -0.133. The minimum absolute atomic E-state index is 0.186. The largest absolute Gasteiger partial charge is 0.508 e. The van der Waals surface area contributed by atoms with Gasteiger partial charge in [0.25, 0.3) is 6.47 Å². The van der Waals surface area contributed by atoms with Gasteiger partial charge in [-0.1, -0.05) is 0 Å². The molecule has 122 valence electrons. The fraction of sp³-hybridized carbons (Fsp3) is 0.846. The van der Waals surface area contributed by atoms with Crippen molar-refractivity contribution >= 4 is 12.6 Å². The van der Waals surface area contributed by atoms with Crippen LogP contribution in [0.1, 0.15) is 12.8 Å². The van der Waals surface area contributed by atoms with Crippen LogP contribution in [-0.4, -0.2) is 71.6 Å². The Hall–Kier alpha value is -1.38. The molecule has 21 heavy (non-hydrogen) atoms. The lowest BCUT2D eigenvalue weighted by atomic mass is 10.3. The van der Waals surface area contributed by atoms with Gasteiger partial charge in [0.2, 0.25) is 0 Å². The molecule has 1 fully saturated rings. The Morgan fingerprint density at radius 2 is 2.05 bits per heavy atom. The van der Waals surface area contributed by atoms with Gasteiger partial charge in [0.15, 0.2) is 6.10 Å². The highest BCUT2D eigenvalue weighted by Crippen LogP contribution is 2.06. The predicted octanol–water partition coefficient (Wildman–Crippen LogP) is 0.523. The Balaban J connectivity index is 1.85. The second-order valence-electron chi connectivity index (χ2n) is 4.45. The molecule has 0 bridgehead atoms. The Morgan fingerprint density at radius 1 is 1.29 bits per heavy atom. The van der Waals surface area contributed by atoms with Crippen LogP contribution in [0.3, 0.4) is 0 Å². The average molecular weight is 306 g/mol. The molecule has 8 heteroatoms. The zero-order chi connectivity index (χ0) is 15.3. The minimum Gasteiger partial charge on any atom is -0.465 e. The molecule has 0 N–H and O–H groups in total. The first-order valence-electron chi connectivity index (χ1n) is 6.83. The second-order valence-corrected chi connectivity index (χ2v) is 4.45. The molecule has 0 radical (unpaired) electrons. The standard InChI is InChI=1S/C13H22O8/c1-16-11(7-19-10-14)6-17-4-2-3-5-18-8-12-9-20-13(15)21-12/h10-12H,2-9H2,1H3. The van der Waals surface area contributed by atoms with Gasteiger partial charge >= 0.3 is 6.16 Å². The number of hydrogen-bond acceptors (Lipinski definition) is 8. The summed E-state index contributed by atoms with van der Waals surface area (Å²) in [5.74, 6) is 0. The van der Waals surface area contributed by atoms with Crippen LogP contribution in [-0.2, 0) is 33.2 Å². The first kappa shape index (κ1) is 17.7. The van der Waals surface area contributed by atoms with Crippen LogP contribution in [0, 0.1) is 0 Å². The monoisotopic (exact) mass is 306 g/mol. The fourth-order valence-corrected chi connectivity index (χ4v) is 1.62. The summed E-state index contributed by atoms with van der Waals surface area (Å²) in [5.41, 5.74) is 0. The number of cyclic esters (lactones) is 2. The van der Waals surface area contributed by atoms with Gasteiger partial charge in [-0.25, -0.2) is 4.79 Å². The minimum atomic E-state index is -0.636. The fourth-order valence-electron chi connectivity index (χ4n) is 1.62. The van der Waals surface area contributed by atoms with Crippen LogP contribution in [0.2, 0.25) is 0 Å². The molecule has 2 atom stereocenters. The van der Waals surface area contributed by atoms with E-state index in [0.717, 1.165) is 12.8 Å². The van der Waals surface area contributed by atoms with Crippen molar-refractivity contribution in [3.05, 3.63) is 0 Å². The molecular formula is C13H22O8. The topological polar surface area (TPSA) is 89.5 Å². The van der Waals surface area contributed by atoms with Gasteiger partial charge in [0.05, 0.1) is 13.2 Å². The normalized spacial score (nSPS) is 18.9. The predicted molar refractivity (Wildman–Crippen MR) is 69.9 cm³/mol. The SMILES string of the molecule is COC(COC=O)COCCCCOCC1COC(=O)O1. The van der Waals surface area contributed by atoms with E-state index in [4.69, 9.17) is 18.9 Å². The zero-order valence-electron chi connectivity index (χ0n) is 12.2. The Kier molecular flexibility index (Phi) is 9.51. The van der Waals surface area contributed by atoms with E-state index < -0.39 is 6.16 Å². The second kappa shape index (κ2) is 11.3. The molecule has 0 spiro atoms. The van der Waals surface area contributed by atoms with Crippen molar-refractivity contribution in [2.45, 2.75) is 25.0 Å². The van der Waals surface area contributed by atoms with Gasteiger partial charge in [0, 0.05) is 20.3 Å². The highest BCUT2D eigenvalue weighted by atomic mass is 16.8. The molecule has 0 aromatic rings. The van der Waals surface area contributed by atoms with E-state index in [0.29, 0.717) is 32.9 Å². The summed E-state index contributed by atoms with van der Waals surface area (Å²) in [4.78, 5) is 20.7. The van der Waals surface area contributed by atoms with E-state index in [1.54, 1.807) is 0 Å². The van der Waals surface area contributed by atoms with Crippen molar-refractivity contribution in [2.75, 3.05) is 46.8 Å². The van der Waals surface area contributed by atoms with Crippen molar-refractivity contribution in [1.82, 2.24) is 0 Å². The first-order chi connectivity index (χ1) is 10.3. The van der Waals surface area contributed by atoms with E-state index in [9.17, 15) is 9.59 Å². The molecule has 1 saturated heterocycles. The molecule has 2 unspecified atom stereocenters. The van der Waals surface area contributed by atoms with Crippen LogP contribution < -0.4 is 0 Å². The Labute approximate surface area is 123 Å². The van der Waals surface area contributed by atoms with E-state index >= 15 is 0 Å². The maximum atomic E-state index is 10.7. The van der Waals surface area contributed by atoms with Crippen molar-refractivity contribution in [1.29, 1.82) is 0 Å². The summed E-state index contributed by atoms with van der Waals surface area (Å²) < 4.78 is 29.9. The molecule has 1 aliphatic heterocycles. The number of carbonyl (C=O) groups excluding carboxylic acids is 2. The summed E-state index contributed by atoms with van der Waals surface area (Å²) in [5, 5.41) is 0. The molecule has 0 aromatic heterocycles. The van der Waals surface area contributed by atoms with Gasteiger partial charge in [-0.2, -0.15) is 0 Å². The summed E-state index contributed by atoms with van der Waals surface area (Å²) in [6.07, 6.45) is 0.497. The molecule has 1 rings (SSSR count). The number of unbranched alkanes of at least 4 members (excludes halogenated alkanes) is 1. The maximum absolute atomic E-state index is 10.7. The van der Waals surface area contributed by atoms with Crippen LogP contribution in [0.15, 0.2) is 0 Å². The molecule has 8 nitrogen and oxygen atoms in total. The number of carbonyl (C=O) groups is 2. The highest BCUT2D eigenvalue weighted by Gasteiger charge is 2.24. The number of hydrogen-bond donors (Lipinski definition) is 0. The molecule has 1 aliphatic rings. The van der Waals surface area contributed by atoms with Crippen molar-refractivity contribution in [2.24, 2.45) is 0 Å². The van der Waals surface area contributed by atoms with Crippen LogP contribution in [0.25, 0.3) is 0 Å². The number of methoxy groups -OCH3 is 1. The van der Waals surface area contributed by atoms with Crippen LogP contribution >= 0.6 is 0 Å². The number of rotatable bonds is 13. The van der Waals surface area contributed by atoms with Gasteiger partial charge < -0.3 is 28.4 Å². The van der Waals surface area contributed by atoms with Gasteiger partial charge in [-0.05, 0) is 12.8 Å². The quantitative estimate of drug-likeness (QED) is 0.276. The molecule has 0 aliphatic carbocycles. The third-order valence-electron chi connectivity index (χ3n) is 2.77. The average Bonchev–Trinajstić information content (AvgIpc) is 2.90. The summed E-state index contributed by atoms with van der Waals surface area (Å²) in [6.45, 7) is 2.69. The zero-order valence-corrected chi connectivity index (χ0v) is 12.2. The van der Waals surface area contributed by atoms with E-state index in [1.807, 2.05) is 0 Å². The van der Waals surface area contributed by atoms with Crippen LogP contribution in [0.5, 0.6) is 0 Å². The molecule has 0 amide bonds. The molecule has 0 aromatic carbocycles. The lowest BCUT2D eigenvalue weighted by Gasteiger charge is -2.14. The van der Waals surface area contributed by atoms with Crippen molar-refractivity contribution in [3.8, 4) is 0 Å².